The van der Waals surface area contributed by atoms with Crippen molar-refractivity contribution in [3.8, 4) is 6.07 Å². The SMILES string of the molecule is Cc1cc(C)c(CNC(=O)c2ccc(C#N)cc2F)cn1. The molecule has 1 N–H and O–H groups in total. The van der Waals surface area contributed by atoms with Crippen molar-refractivity contribution < 1.29 is 9.18 Å². The van der Waals surface area contributed by atoms with Crippen LogP contribution in [0.2, 0.25) is 0 Å². The minimum atomic E-state index is -0.703. The maximum absolute atomic E-state index is 13.7. The number of halogens is 1. The molecule has 1 aromatic carbocycles. The van der Waals surface area contributed by atoms with E-state index in [0.29, 0.717) is 0 Å². The fraction of sp³-hybridized carbons (Fsp3) is 0.188. The van der Waals surface area contributed by atoms with Gasteiger partial charge in [-0.25, -0.2) is 4.39 Å². The molecular weight excluding hydrogens is 269 g/mol. The van der Waals surface area contributed by atoms with E-state index in [9.17, 15) is 9.18 Å². The third-order valence-corrected chi connectivity index (χ3v) is 3.14. The van der Waals surface area contributed by atoms with E-state index in [0.717, 1.165) is 22.9 Å². The van der Waals surface area contributed by atoms with Crippen molar-refractivity contribution in [1.82, 2.24) is 10.3 Å². The van der Waals surface area contributed by atoms with Gasteiger partial charge >= 0.3 is 0 Å². The Labute approximate surface area is 122 Å². The highest BCUT2D eigenvalue weighted by molar-refractivity contribution is 5.94. The van der Waals surface area contributed by atoms with Gasteiger partial charge in [0, 0.05) is 18.4 Å². The van der Waals surface area contributed by atoms with Crippen LogP contribution in [0.1, 0.15) is 32.7 Å². The van der Waals surface area contributed by atoms with Gasteiger partial charge in [-0.1, -0.05) is 0 Å². The van der Waals surface area contributed by atoms with Gasteiger partial charge in [-0.05, 0) is 49.2 Å². The number of carbonyl (C=O) groups excluding carboxylic acids is 1. The van der Waals surface area contributed by atoms with E-state index in [2.05, 4.69) is 10.3 Å². The molecule has 0 saturated carbocycles. The molecule has 1 aromatic heterocycles. The van der Waals surface area contributed by atoms with Crippen molar-refractivity contribution in [2.24, 2.45) is 0 Å². The lowest BCUT2D eigenvalue weighted by molar-refractivity contribution is 0.0947. The summed E-state index contributed by atoms with van der Waals surface area (Å²) in [5, 5.41) is 11.3. The highest BCUT2D eigenvalue weighted by Crippen LogP contribution is 2.11. The van der Waals surface area contributed by atoms with Gasteiger partial charge in [0.05, 0.1) is 17.2 Å². The predicted molar refractivity (Wildman–Crippen MR) is 76.0 cm³/mol. The molecule has 5 heteroatoms. The zero-order chi connectivity index (χ0) is 15.4. The van der Waals surface area contributed by atoms with Crippen molar-refractivity contribution in [2.45, 2.75) is 20.4 Å². The third kappa shape index (κ3) is 3.42. The highest BCUT2D eigenvalue weighted by Gasteiger charge is 2.12. The molecule has 0 atom stereocenters. The number of pyridine rings is 1. The lowest BCUT2D eigenvalue weighted by Gasteiger charge is -2.09. The van der Waals surface area contributed by atoms with Crippen LogP contribution in [0.15, 0.2) is 30.5 Å². The number of carbonyl (C=O) groups is 1. The Kier molecular flexibility index (Phi) is 4.29. The quantitative estimate of drug-likeness (QED) is 0.941. The van der Waals surface area contributed by atoms with Gasteiger partial charge in [0.25, 0.3) is 5.91 Å². The number of nitriles is 1. The first-order valence-electron chi connectivity index (χ1n) is 6.41. The summed E-state index contributed by atoms with van der Waals surface area (Å²) in [5.74, 6) is -1.22. The number of aryl methyl sites for hydroxylation is 2. The number of nitrogens with one attached hydrogen (secondary N) is 1. The summed E-state index contributed by atoms with van der Waals surface area (Å²) in [5.41, 5.74) is 2.90. The number of benzene rings is 1. The Morgan fingerprint density at radius 2 is 2.14 bits per heavy atom. The molecule has 0 saturated heterocycles. The van der Waals surface area contributed by atoms with E-state index >= 15 is 0 Å². The van der Waals surface area contributed by atoms with Gasteiger partial charge in [0.1, 0.15) is 5.82 Å². The van der Waals surface area contributed by atoms with Crippen molar-refractivity contribution >= 4 is 5.91 Å². The van der Waals surface area contributed by atoms with Crippen molar-refractivity contribution in [1.29, 1.82) is 5.26 Å². The van der Waals surface area contributed by atoms with Crippen LogP contribution in [0.4, 0.5) is 4.39 Å². The fourth-order valence-corrected chi connectivity index (χ4v) is 1.95. The molecule has 2 rings (SSSR count). The molecule has 21 heavy (non-hydrogen) atoms. The van der Waals surface area contributed by atoms with Gasteiger partial charge < -0.3 is 5.32 Å². The molecule has 0 spiro atoms. The van der Waals surface area contributed by atoms with Gasteiger partial charge in [0.2, 0.25) is 0 Å². The Morgan fingerprint density at radius 3 is 2.76 bits per heavy atom. The van der Waals surface area contributed by atoms with E-state index in [1.165, 1.54) is 12.1 Å². The minimum Gasteiger partial charge on any atom is -0.348 e. The summed E-state index contributed by atoms with van der Waals surface area (Å²) in [6.45, 7) is 4.09. The highest BCUT2D eigenvalue weighted by atomic mass is 19.1. The molecule has 0 radical (unpaired) electrons. The van der Waals surface area contributed by atoms with Gasteiger partial charge in [-0.15, -0.1) is 0 Å². The first kappa shape index (κ1) is 14.7. The first-order valence-corrected chi connectivity index (χ1v) is 6.41. The number of nitrogens with zero attached hydrogens (tertiary/aromatic N) is 2. The Balaban J connectivity index is 2.10. The molecule has 0 aliphatic heterocycles. The molecule has 0 unspecified atom stereocenters. The molecule has 4 nitrogen and oxygen atoms in total. The van der Waals surface area contributed by atoms with Crippen LogP contribution < -0.4 is 5.32 Å². The molecule has 106 valence electrons. The van der Waals surface area contributed by atoms with Crippen LogP contribution in [-0.4, -0.2) is 10.9 Å². The molecule has 0 aliphatic carbocycles. The number of hydrogen-bond acceptors (Lipinski definition) is 3. The summed E-state index contributed by atoms with van der Waals surface area (Å²) >= 11 is 0. The normalized spacial score (nSPS) is 10.0. The van der Waals surface area contributed by atoms with Gasteiger partial charge in [0.15, 0.2) is 0 Å². The van der Waals surface area contributed by atoms with Gasteiger partial charge in [-0.3, -0.25) is 9.78 Å². The first-order chi connectivity index (χ1) is 10.0. The average Bonchev–Trinajstić information content (AvgIpc) is 2.45. The molecule has 1 heterocycles. The summed E-state index contributed by atoms with van der Waals surface area (Å²) in [7, 11) is 0. The summed E-state index contributed by atoms with van der Waals surface area (Å²) in [6.07, 6.45) is 1.69. The largest absolute Gasteiger partial charge is 0.348 e. The van der Waals surface area contributed by atoms with E-state index < -0.39 is 11.7 Å². The van der Waals surface area contributed by atoms with Crippen molar-refractivity contribution in [3.05, 3.63) is 64.2 Å². The van der Waals surface area contributed by atoms with Crippen molar-refractivity contribution in [2.75, 3.05) is 0 Å². The zero-order valence-electron chi connectivity index (χ0n) is 11.8. The summed E-state index contributed by atoms with van der Waals surface area (Å²) in [4.78, 5) is 16.1. The number of aromatic nitrogens is 1. The second-order valence-electron chi connectivity index (χ2n) is 4.74. The molecule has 1 amide bonds. The van der Waals surface area contributed by atoms with E-state index in [-0.39, 0.29) is 17.7 Å². The minimum absolute atomic E-state index is 0.0771. The van der Waals surface area contributed by atoms with Gasteiger partial charge in [-0.2, -0.15) is 5.26 Å². The van der Waals surface area contributed by atoms with Crippen LogP contribution in [0, 0.1) is 31.0 Å². The lowest BCUT2D eigenvalue weighted by atomic mass is 10.1. The van der Waals surface area contributed by atoms with Crippen LogP contribution in [0.5, 0.6) is 0 Å². The number of amides is 1. The predicted octanol–water partition coefficient (Wildman–Crippen LogP) is 2.64. The zero-order valence-corrected chi connectivity index (χ0v) is 11.8. The van der Waals surface area contributed by atoms with E-state index in [1.807, 2.05) is 26.0 Å². The monoisotopic (exact) mass is 283 g/mol. The average molecular weight is 283 g/mol. The molecule has 0 fully saturated rings. The Hall–Kier alpha value is -2.74. The second kappa shape index (κ2) is 6.14. The molecular formula is C16H14FN3O. The lowest BCUT2D eigenvalue weighted by Crippen LogP contribution is -2.24. The Bertz CT molecular complexity index is 735. The maximum atomic E-state index is 13.7. The maximum Gasteiger partial charge on any atom is 0.254 e. The van der Waals surface area contributed by atoms with E-state index in [4.69, 9.17) is 5.26 Å². The smallest absolute Gasteiger partial charge is 0.254 e. The third-order valence-electron chi connectivity index (χ3n) is 3.14. The van der Waals surface area contributed by atoms with E-state index in [1.54, 1.807) is 6.20 Å². The van der Waals surface area contributed by atoms with Crippen LogP contribution in [0.3, 0.4) is 0 Å². The van der Waals surface area contributed by atoms with Crippen LogP contribution in [-0.2, 0) is 6.54 Å². The van der Waals surface area contributed by atoms with Crippen LogP contribution in [0.25, 0.3) is 0 Å². The number of hydrogen-bond donors (Lipinski definition) is 1. The Morgan fingerprint density at radius 1 is 1.38 bits per heavy atom. The molecule has 0 aliphatic rings. The standard InChI is InChI=1S/C16H14FN3O/c1-10-5-11(2)19-8-13(10)9-20-16(21)14-4-3-12(7-18)6-15(14)17/h3-6,8H,9H2,1-2H3,(H,20,21). The van der Waals surface area contributed by atoms with Crippen LogP contribution >= 0.6 is 0 Å². The topological polar surface area (TPSA) is 65.8 Å². The second-order valence-corrected chi connectivity index (χ2v) is 4.74. The fourth-order valence-electron chi connectivity index (χ4n) is 1.95. The van der Waals surface area contributed by atoms with Crippen molar-refractivity contribution in [3.63, 3.8) is 0 Å². The summed E-state index contributed by atoms with van der Waals surface area (Å²) in [6, 6.07) is 7.52. The number of rotatable bonds is 3. The molecule has 2 aromatic rings. The molecule has 0 bridgehead atoms. The summed E-state index contributed by atoms with van der Waals surface area (Å²) < 4.78 is 13.7.